The number of aliphatic hydroxyl groups excluding tert-OH is 1. The molecule has 0 spiro atoms. The Labute approximate surface area is 197 Å². The molecule has 0 saturated carbocycles. The average Bonchev–Trinajstić information content (AvgIpc) is 3.17. The number of esters is 1. The van der Waals surface area contributed by atoms with Crippen molar-refractivity contribution in [3.8, 4) is 22.5 Å². The summed E-state index contributed by atoms with van der Waals surface area (Å²) in [7, 11) is 0. The van der Waals surface area contributed by atoms with E-state index in [0.717, 1.165) is 33.2 Å². The van der Waals surface area contributed by atoms with Crippen LogP contribution >= 0.6 is 11.8 Å². The number of imidazole rings is 1. The van der Waals surface area contributed by atoms with E-state index in [0.29, 0.717) is 6.42 Å². The van der Waals surface area contributed by atoms with Gasteiger partial charge in [0.1, 0.15) is 17.7 Å². The number of benzene rings is 2. The highest BCUT2D eigenvalue weighted by Gasteiger charge is 2.26. The van der Waals surface area contributed by atoms with Gasteiger partial charge in [-0.15, -0.1) is 11.8 Å². The summed E-state index contributed by atoms with van der Waals surface area (Å²) in [5, 5.41) is 9.96. The van der Waals surface area contributed by atoms with Crippen LogP contribution in [0.2, 0.25) is 0 Å². The van der Waals surface area contributed by atoms with E-state index in [1.165, 1.54) is 12.1 Å². The Bertz CT molecular complexity index is 1170. The van der Waals surface area contributed by atoms with E-state index in [1.54, 1.807) is 30.0 Å². The van der Waals surface area contributed by atoms with Crippen LogP contribution in [0.3, 0.4) is 0 Å². The van der Waals surface area contributed by atoms with Gasteiger partial charge in [0.15, 0.2) is 0 Å². The summed E-state index contributed by atoms with van der Waals surface area (Å²) in [5.74, 6) is 0.216. The van der Waals surface area contributed by atoms with Crippen LogP contribution < -0.4 is 0 Å². The zero-order valence-corrected chi connectivity index (χ0v) is 19.7. The SMILES string of the molecule is CSc1cccc(-c2nc(C(C)C)n(C=C[C@@H]3C[C@@H](O)CC(=O)O3)c2-c2ccc(F)cc2)c1. The summed E-state index contributed by atoms with van der Waals surface area (Å²) in [6.45, 7) is 4.13. The van der Waals surface area contributed by atoms with Gasteiger partial charge in [0.2, 0.25) is 0 Å². The van der Waals surface area contributed by atoms with Gasteiger partial charge in [-0.2, -0.15) is 0 Å². The van der Waals surface area contributed by atoms with E-state index in [4.69, 9.17) is 9.72 Å². The van der Waals surface area contributed by atoms with E-state index in [-0.39, 0.29) is 18.2 Å². The second-order valence-electron chi connectivity index (χ2n) is 8.39. The highest BCUT2D eigenvalue weighted by Crippen LogP contribution is 2.36. The number of aromatic nitrogens is 2. The summed E-state index contributed by atoms with van der Waals surface area (Å²) < 4.78 is 21.1. The standard InChI is InChI=1S/C26H27FN2O3S/c1-16(2)26-28-24(18-5-4-6-22(13-18)33-3)25(17-7-9-19(27)10-8-17)29(26)12-11-21-14-20(30)15-23(31)32-21/h4-13,16,20-21,30H,14-15H2,1-3H3/t20-,21-/m1/s1. The summed E-state index contributed by atoms with van der Waals surface area (Å²) >= 11 is 1.66. The molecule has 1 aliphatic rings. The quantitative estimate of drug-likeness (QED) is 0.371. The molecular formula is C26H27FN2O3S. The zero-order valence-electron chi connectivity index (χ0n) is 18.9. The molecule has 1 aromatic heterocycles. The van der Waals surface area contributed by atoms with Crippen molar-refractivity contribution in [3.63, 3.8) is 0 Å². The number of hydrogen-bond acceptors (Lipinski definition) is 5. The zero-order chi connectivity index (χ0) is 23.5. The normalized spacial score (nSPS) is 18.8. The van der Waals surface area contributed by atoms with E-state index < -0.39 is 18.2 Å². The van der Waals surface area contributed by atoms with Gasteiger partial charge in [-0.25, -0.2) is 9.37 Å². The van der Waals surface area contributed by atoms with Crippen LogP contribution in [0.4, 0.5) is 4.39 Å². The third-order valence-corrected chi connectivity index (χ3v) is 6.28. The van der Waals surface area contributed by atoms with Gasteiger partial charge in [0.05, 0.1) is 23.9 Å². The van der Waals surface area contributed by atoms with Crippen molar-refractivity contribution >= 4 is 23.9 Å². The predicted molar refractivity (Wildman–Crippen MR) is 129 cm³/mol. The lowest BCUT2D eigenvalue weighted by atomic mass is 10.0. The number of ether oxygens (including phenoxy) is 1. The van der Waals surface area contributed by atoms with Crippen LogP contribution in [-0.2, 0) is 9.53 Å². The number of carbonyl (C=O) groups excluding carboxylic acids is 1. The summed E-state index contributed by atoms with van der Waals surface area (Å²) in [6.07, 6.45) is 4.79. The Morgan fingerprint density at radius 1 is 1.21 bits per heavy atom. The van der Waals surface area contributed by atoms with Crippen molar-refractivity contribution in [1.82, 2.24) is 9.55 Å². The first-order valence-electron chi connectivity index (χ1n) is 10.9. The summed E-state index contributed by atoms with van der Waals surface area (Å²) in [6, 6.07) is 14.5. The van der Waals surface area contributed by atoms with Gasteiger partial charge in [-0.05, 0) is 48.7 Å². The van der Waals surface area contributed by atoms with E-state index >= 15 is 0 Å². The fourth-order valence-electron chi connectivity index (χ4n) is 3.97. The minimum Gasteiger partial charge on any atom is -0.458 e. The first kappa shape index (κ1) is 23.3. The number of carbonyl (C=O) groups is 1. The predicted octanol–water partition coefficient (Wildman–Crippen LogP) is 5.74. The van der Waals surface area contributed by atoms with E-state index in [2.05, 4.69) is 26.0 Å². The molecule has 0 unspecified atom stereocenters. The molecule has 1 aliphatic heterocycles. The van der Waals surface area contributed by atoms with Crippen molar-refractivity contribution < 1.29 is 19.0 Å². The molecule has 1 fully saturated rings. The smallest absolute Gasteiger partial charge is 0.309 e. The van der Waals surface area contributed by atoms with Crippen LogP contribution in [0.1, 0.15) is 38.4 Å². The third kappa shape index (κ3) is 5.20. The number of thioether (sulfide) groups is 1. The van der Waals surface area contributed by atoms with Crippen LogP contribution in [0, 0.1) is 5.82 Å². The fraction of sp³-hybridized carbons (Fsp3) is 0.308. The fourth-order valence-corrected chi connectivity index (χ4v) is 4.43. The first-order valence-corrected chi connectivity index (χ1v) is 12.2. The van der Waals surface area contributed by atoms with Crippen molar-refractivity contribution in [1.29, 1.82) is 0 Å². The molecule has 7 heteroatoms. The number of halogens is 1. The van der Waals surface area contributed by atoms with Gasteiger partial charge in [0.25, 0.3) is 0 Å². The van der Waals surface area contributed by atoms with Crippen molar-refractivity contribution in [2.24, 2.45) is 0 Å². The maximum atomic E-state index is 13.7. The number of cyclic esters (lactones) is 1. The van der Waals surface area contributed by atoms with Crippen LogP contribution in [0.25, 0.3) is 28.7 Å². The number of hydrogen-bond donors (Lipinski definition) is 1. The largest absolute Gasteiger partial charge is 0.458 e. The average molecular weight is 467 g/mol. The third-order valence-electron chi connectivity index (χ3n) is 5.55. The van der Waals surface area contributed by atoms with Crippen molar-refractivity contribution in [2.45, 2.75) is 49.7 Å². The van der Waals surface area contributed by atoms with Gasteiger partial charge in [-0.1, -0.05) is 26.0 Å². The Morgan fingerprint density at radius 3 is 2.64 bits per heavy atom. The second-order valence-corrected chi connectivity index (χ2v) is 9.27. The van der Waals surface area contributed by atoms with E-state index in [9.17, 15) is 14.3 Å². The van der Waals surface area contributed by atoms with Gasteiger partial charge >= 0.3 is 5.97 Å². The highest BCUT2D eigenvalue weighted by molar-refractivity contribution is 7.98. The molecule has 3 aromatic rings. The molecule has 4 rings (SSSR count). The first-order chi connectivity index (χ1) is 15.9. The minimum absolute atomic E-state index is 0.0173. The molecular weight excluding hydrogens is 439 g/mol. The lowest BCUT2D eigenvalue weighted by molar-refractivity contribution is -0.156. The minimum atomic E-state index is -0.713. The molecule has 33 heavy (non-hydrogen) atoms. The lowest BCUT2D eigenvalue weighted by Crippen LogP contribution is -2.31. The number of rotatable bonds is 6. The maximum absolute atomic E-state index is 13.7. The van der Waals surface area contributed by atoms with Crippen LogP contribution in [-0.4, -0.2) is 39.1 Å². The summed E-state index contributed by atoms with van der Waals surface area (Å²) in [4.78, 5) is 17.9. The van der Waals surface area contributed by atoms with Gasteiger partial charge in [-0.3, -0.25) is 4.79 Å². The van der Waals surface area contributed by atoms with Crippen LogP contribution in [0.15, 0.2) is 59.5 Å². The molecule has 2 atom stereocenters. The monoisotopic (exact) mass is 466 g/mol. The molecule has 2 aromatic carbocycles. The Balaban J connectivity index is 1.88. The van der Waals surface area contributed by atoms with Crippen LogP contribution in [0.5, 0.6) is 0 Å². The van der Waals surface area contributed by atoms with Crippen molar-refractivity contribution in [2.75, 3.05) is 6.26 Å². The molecule has 1 N–H and O–H groups in total. The highest BCUT2D eigenvalue weighted by atomic mass is 32.2. The van der Waals surface area contributed by atoms with Gasteiger partial charge in [0, 0.05) is 34.6 Å². The topological polar surface area (TPSA) is 64.3 Å². The molecule has 172 valence electrons. The molecule has 0 amide bonds. The lowest BCUT2D eigenvalue weighted by Gasteiger charge is -2.23. The number of aliphatic hydroxyl groups is 1. The van der Waals surface area contributed by atoms with E-state index in [1.807, 2.05) is 29.2 Å². The van der Waals surface area contributed by atoms with Crippen molar-refractivity contribution in [3.05, 3.63) is 66.2 Å². The molecule has 0 aliphatic carbocycles. The Morgan fingerprint density at radius 2 is 1.97 bits per heavy atom. The van der Waals surface area contributed by atoms with Gasteiger partial charge < -0.3 is 14.4 Å². The molecule has 0 radical (unpaired) electrons. The molecule has 1 saturated heterocycles. The maximum Gasteiger partial charge on any atom is 0.309 e. The second kappa shape index (κ2) is 9.93. The Kier molecular flexibility index (Phi) is 7.00. The number of nitrogens with zero attached hydrogens (tertiary/aromatic N) is 2. The molecule has 0 bridgehead atoms. The molecule has 2 heterocycles. The molecule has 5 nitrogen and oxygen atoms in total. The summed E-state index contributed by atoms with van der Waals surface area (Å²) in [5.41, 5.74) is 3.42. The Hall–Kier alpha value is -2.90.